The number of halogens is 2. The number of nitrogens with zero attached hydrogens (tertiary/aromatic N) is 4. The zero-order valence-electron chi connectivity index (χ0n) is 13.8. The number of rotatable bonds is 5. The van der Waals surface area contributed by atoms with Gasteiger partial charge in [-0.05, 0) is 42.5 Å². The van der Waals surface area contributed by atoms with Crippen LogP contribution in [0, 0.1) is 0 Å². The molecular formula is C19H12BrClN4O2. The number of fused-ring (bicyclic) bond motifs is 1. The van der Waals surface area contributed by atoms with Crippen molar-refractivity contribution < 1.29 is 9.53 Å². The Kier molecular flexibility index (Phi) is 4.87. The van der Waals surface area contributed by atoms with E-state index in [0.29, 0.717) is 22.0 Å². The van der Waals surface area contributed by atoms with Crippen LogP contribution in [0.4, 0.5) is 0 Å². The first-order valence-corrected chi connectivity index (χ1v) is 9.14. The van der Waals surface area contributed by atoms with Gasteiger partial charge in [-0.15, -0.1) is 5.10 Å². The van der Waals surface area contributed by atoms with Gasteiger partial charge in [0.15, 0.2) is 6.29 Å². The lowest BCUT2D eigenvalue weighted by Gasteiger charge is -2.06. The van der Waals surface area contributed by atoms with Gasteiger partial charge in [-0.2, -0.15) is 0 Å². The molecule has 0 unspecified atom stereocenters. The summed E-state index contributed by atoms with van der Waals surface area (Å²) in [5.74, 6) is 0.580. The van der Waals surface area contributed by atoms with Crippen molar-refractivity contribution >= 4 is 44.7 Å². The monoisotopic (exact) mass is 442 g/mol. The summed E-state index contributed by atoms with van der Waals surface area (Å²) in [4.78, 5) is 15.4. The van der Waals surface area contributed by atoms with Gasteiger partial charge in [-0.25, -0.2) is 4.68 Å². The Bertz CT molecular complexity index is 1150. The van der Waals surface area contributed by atoms with Crippen molar-refractivity contribution in [3.63, 3.8) is 0 Å². The third-order valence-electron chi connectivity index (χ3n) is 3.95. The molecule has 27 heavy (non-hydrogen) atoms. The van der Waals surface area contributed by atoms with Gasteiger partial charge in [0.05, 0.1) is 17.4 Å². The van der Waals surface area contributed by atoms with Crippen LogP contribution >= 0.6 is 27.5 Å². The predicted molar refractivity (Wildman–Crippen MR) is 106 cm³/mol. The van der Waals surface area contributed by atoms with E-state index in [4.69, 9.17) is 16.3 Å². The molecule has 0 radical (unpaired) electrons. The highest BCUT2D eigenvalue weighted by molar-refractivity contribution is 9.10. The number of hydrogen-bond donors (Lipinski definition) is 0. The van der Waals surface area contributed by atoms with Gasteiger partial charge in [0.1, 0.15) is 18.1 Å². The Balaban J connectivity index is 1.58. The lowest BCUT2D eigenvalue weighted by Crippen LogP contribution is -1.97. The highest BCUT2D eigenvalue weighted by Crippen LogP contribution is 2.24. The van der Waals surface area contributed by atoms with Crippen LogP contribution in [0.1, 0.15) is 16.1 Å². The van der Waals surface area contributed by atoms with Crippen LogP contribution in [-0.4, -0.2) is 26.3 Å². The Morgan fingerprint density at radius 1 is 1.19 bits per heavy atom. The van der Waals surface area contributed by atoms with Crippen LogP contribution in [0.15, 0.2) is 59.3 Å². The van der Waals surface area contributed by atoms with Gasteiger partial charge in [-0.1, -0.05) is 32.7 Å². The van der Waals surface area contributed by atoms with Crippen molar-refractivity contribution in [2.24, 2.45) is 0 Å². The largest absolute Gasteiger partial charge is 0.487 e. The molecule has 2 heterocycles. The fourth-order valence-corrected chi connectivity index (χ4v) is 3.16. The topological polar surface area (TPSA) is 69.9 Å². The minimum atomic E-state index is 0.226. The lowest BCUT2D eigenvalue weighted by atomic mass is 10.2. The molecule has 0 aliphatic carbocycles. The quantitative estimate of drug-likeness (QED) is 0.421. The van der Waals surface area contributed by atoms with Gasteiger partial charge < -0.3 is 4.74 Å². The third-order valence-corrected chi connectivity index (χ3v) is 4.91. The molecular weight excluding hydrogens is 432 g/mol. The van der Waals surface area contributed by atoms with E-state index in [9.17, 15) is 4.79 Å². The number of benzene rings is 2. The number of carbonyl (C=O) groups is 1. The summed E-state index contributed by atoms with van der Waals surface area (Å²) in [5, 5.41) is 9.84. The van der Waals surface area contributed by atoms with E-state index in [0.717, 1.165) is 27.3 Å². The van der Waals surface area contributed by atoms with E-state index >= 15 is 0 Å². The first-order valence-electron chi connectivity index (χ1n) is 7.97. The summed E-state index contributed by atoms with van der Waals surface area (Å²) in [7, 11) is 0. The molecule has 4 aromatic rings. The Morgan fingerprint density at radius 2 is 2.07 bits per heavy atom. The molecule has 0 atom stereocenters. The minimum absolute atomic E-state index is 0.226. The Morgan fingerprint density at radius 3 is 2.93 bits per heavy atom. The summed E-state index contributed by atoms with van der Waals surface area (Å²) in [5.41, 5.74) is 2.82. The maximum absolute atomic E-state index is 11.0. The molecule has 2 aromatic heterocycles. The predicted octanol–water partition coefficient (Wildman–Crippen LogP) is 4.62. The smallest absolute Gasteiger partial charge is 0.151 e. The number of aromatic nitrogens is 4. The van der Waals surface area contributed by atoms with Crippen LogP contribution in [0.2, 0.25) is 5.02 Å². The second-order valence-corrected chi connectivity index (χ2v) is 7.03. The van der Waals surface area contributed by atoms with Crippen molar-refractivity contribution in [3.8, 4) is 11.4 Å². The maximum Gasteiger partial charge on any atom is 0.151 e. The summed E-state index contributed by atoms with van der Waals surface area (Å²) in [6.45, 7) is 0.226. The third kappa shape index (κ3) is 3.70. The zero-order valence-corrected chi connectivity index (χ0v) is 16.2. The van der Waals surface area contributed by atoms with Crippen molar-refractivity contribution in [2.45, 2.75) is 6.61 Å². The van der Waals surface area contributed by atoms with Gasteiger partial charge in [0, 0.05) is 26.6 Å². The average molecular weight is 444 g/mol. The number of hydrogen-bond acceptors (Lipinski definition) is 5. The molecule has 134 valence electrons. The van der Waals surface area contributed by atoms with Crippen LogP contribution in [0.3, 0.4) is 0 Å². The van der Waals surface area contributed by atoms with E-state index in [1.165, 1.54) is 0 Å². The fourth-order valence-electron chi connectivity index (χ4n) is 2.65. The van der Waals surface area contributed by atoms with Crippen LogP contribution in [-0.2, 0) is 6.61 Å². The Hall–Kier alpha value is -2.77. The highest BCUT2D eigenvalue weighted by atomic mass is 79.9. The van der Waals surface area contributed by atoms with Crippen LogP contribution in [0.25, 0.3) is 16.6 Å². The molecule has 0 fully saturated rings. The zero-order chi connectivity index (χ0) is 18.8. The molecule has 4 rings (SSSR count). The molecule has 0 amide bonds. The summed E-state index contributed by atoms with van der Waals surface area (Å²) in [6.07, 6.45) is 4.27. The van der Waals surface area contributed by atoms with Gasteiger partial charge in [0.25, 0.3) is 0 Å². The molecule has 0 saturated carbocycles. The molecule has 8 heteroatoms. The summed E-state index contributed by atoms with van der Waals surface area (Å²) >= 11 is 9.43. The summed E-state index contributed by atoms with van der Waals surface area (Å²) in [6, 6.07) is 12.6. The van der Waals surface area contributed by atoms with E-state index in [1.54, 1.807) is 41.3 Å². The van der Waals surface area contributed by atoms with E-state index < -0.39 is 0 Å². The van der Waals surface area contributed by atoms with Crippen molar-refractivity contribution in [1.29, 1.82) is 0 Å². The van der Waals surface area contributed by atoms with Gasteiger partial charge in [0.2, 0.25) is 0 Å². The number of carbonyl (C=O) groups excluding carboxylic acids is 1. The first-order chi connectivity index (χ1) is 13.1. The number of ether oxygens (including phenoxy) is 1. The van der Waals surface area contributed by atoms with Gasteiger partial charge >= 0.3 is 0 Å². The number of aldehydes is 1. The standard InChI is InChI=1S/C19H12BrClN4O2/c20-17-3-2-15(7-12(17)10-26)27-11-14-9-25(24-23-14)19-5-6-22-18-4-1-13(21)8-16(18)19/h1-10H,11H2. The Labute approximate surface area is 167 Å². The van der Waals surface area contributed by atoms with E-state index in [-0.39, 0.29) is 6.61 Å². The van der Waals surface area contributed by atoms with Crippen molar-refractivity contribution in [2.75, 3.05) is 0 Å². The fraction of sp³-hybridized carbons (Fsp3) is 0.0526. The average Bonchev–Trinajstić information content (AvgIpc) is 3.15. The molecule has 0 N–H and O–H groups in total. The highest BCUT2D eigenvalue weighted by Gasteiger charge is 2.09. The maximum atomic E-state index is 11.0. The second kappa shape index (κ2) is 7.46. The van der Waals surface area contributed by atoms with E-state index in [2.05, 4.69) is 31.2 Å². The molecule has 2 aromatic carbocycles. The van der Waals surface area contributed by atoms with Crippen LogP contribution in [0.5, 0.6) is 5.75 Å². The number of pyridine rings is 1. The first kappa shape index (κ1) is 17.6. The van der Waals surface area contributed by atoms with E-state index in [1.807, 2.05) is 18.2 Å². The normalized spacial score (nSPS) is 10.9. The molecule has 6 nitrogen and oxygen atoms in total. The van der Waals surface area contributed by atoms with Gasteiger partial charge in [-0.3, -0.25) is 9.78 Å². The molecule has 0 spiro atoms. The molecule has 0 aliphatic heterocycles. The molecule has 0 bridgehead atoms. The lowest BCUT2D eigenvalue weighted by molar-refractivity contribution is 0.112. The van der Waals surface area contributed by atoms with Crippen molar-refractivity contribution in [1.82, 2.24) is 20.0 Å². The SMILES string of the molecule is O=Cc1cc(OCc2cn(-c3ccnc4ccc(Cl)cc34)nn2)ccc1Br. The minimum Gasteiger partial charge on any atom is -0.487 e. The van der Waals surface area contributed by atoms with Crippen LogP contribution < -0.4 is 4.74 Å². The molecule has 0 saturated heterocycles. The van der Waals surface area contributed by atoms with Crippen molar-refractivity contribution in [3.05, 3.63) is 75.6 Å². The summed E-state index contributed by atoms with van der Waals surface area (Å²) < 4.78 is 8.10. The molecule has 0 aliphatic rings. The second-order valence-electron chi connectivity index (χ2n) is 5.74.